The number of ether oxygens (including phenoxy) is 1. The molecule has 4 rings (SSSR count). The molecule has 0 bridgehead atoms. The van der Waals surface area contributed by atoms with Crippen LogP contribution in [0, 0.1) is 0 Å². The second kappa shape index (κ2) is 10.3. The lowest BCUT2D eigenvalue weighted by molar-refractivity contribution is 0.102. The molecule has 0 spiro atoms. The quantitative estimate of drug-likeness (QED) is 0.359. The molecule has 0 aliphatic carbocycles. The van der Waals surface area contributed by atoms with Crippen molar-refractivity contribution in [3.63, 3.8) is 0 Å². The molecule has 0 atom stereocenters. The number of nitrogens with zero attached hydrogens (tertiary/aromatic N) is 1. The van der Waals surface area contributed by atoms with E-state index >= 15 is 0 Å². The van der Waals surface area contributed by atoms with Crippen molar-refractivity contribution in [2.24, 2.45) is 0 Å². The number of sulfonamides is 1. The van der Waals surface area contributed by atoms with Crippen molar-refractivity contribution in [3.8, 4) is 5.75 Å². The van der Waals surface area contributed by atoms with E-state index in [4.69, 9.17) is 4.74 Å². The van der Waals surface area contributed by atoms with Gasteiger partial charge < -0.3 is 10.1 Å². The molecule has 0 saturated carbocycles. The number of aromatic nitrogens is 1. The van der Waals surface area contributed by atoms with Gasteiger partial charge in [-0.05, 0) is 48.0 Å². The van der Waals surface area contributed by atoms with Crippen LogP contribution in [-0.4, -0.2) is 25.9 Å². The van der Waals surface area contributed by atoms with E-state index < -0.39 is 10.0 Å². The second-order valence-electron chi connectivity index (χ2n) is 7.03. The molecule has 0 saturated heterocycles. The molecule has 0 aliphatic rings. The summed E-state index contributed by atoms with van der Waals surface area (Å²) in [4.78, 5) is 16.6. The molecule has 0 unspecified atom stereocenters. The fourth-order valence-electron chi connectivity index (χ4n) is 3.03. The lowest BCUT2D eigenvalue weighted by atomic mass is 10.1. The summed E-state index contributed by atoms with van der Waals surface area (Å²) in [5.41, 5.74) is 2.09. The molecule has 168 valence electrons. The third kappa shape index (κ3) is 6.18. The minimum absolute atomic E-state index is 0.0736. The fraction of sp³-hybridized carbons (Fsp3) is 0.0833. The van der Waals surface area contributed by atoms with Gasteiger partial charge in [0, 0.05) is 29.2 Å². The van der Waals surface area contributed by atoms with Crippen LogP contribution in [-0.2, 0) is 16.4 Å². The van der Waals surface area contributed by atoms with Crippen molar-refractivity contribution >= 4 is 38.1 Å². The number of anilines is 2. The monoisotopic (exact) mass is 479 g/mol. The highest BCUT2D eigenvalue weighted by atomic mass is 32.2. The maximum Gasteiger partial charge on any atom is 0.263 e. The van der Waals surface area contributed by atoms with Gasteiger partial charge in [0.1, 0.15) is 5.75 Å². The first-order chi connectivity index (χ1) is 16.0. The Morgan fingerprint density at radius 1 is 0.970 bits per heavy atom. The van der Waals surface area contributed by atoms with Gasteiger partial charge in [-0.15, -0.1) is 11.3 Å². The van der Waals surface area contributed by atoms with Crippen LogP contribution in [0.25, 0.3) is 0 Å². The summed E-state index contributed by atoms with van der Waals surface area (Å²) < 4.78 is 33.0. The van der Waals surface area contributed by atoms with Crippen molar-refractivity contribution in [3.05, 3.63) is 102 Å². The molecule has 3 aromatic carbocycles. The van der Waals surface area contributed by atoms with Crippen molar-refractivity contribution in [2.45, 2.75) is 11.3 Å². The lowest BCUT2D eigenvalue weighted by Gasteiger charge is -2.10. The predicted octanol–water partition coefficient (Wildman–Crippen LogP) is 4.82. The van der Waals surface area contributed by atoms with E-state index in [1.165, 1.54) is 47.4 Å². The molecule has 0 aliphatic heterocycles. The summed E-state index contributed by atoms with van der Waals surface area (Å²) in [7, 11) is -3.75. The Morgan fingerprint density at radius 2 is 1.76 bits per heavy atom. The first-order valence-corrected chi connectivity index (χ1v) is 12.5. The zero-order chi connectivity index (χ0) is 23.1. The Kier molecular flexibility index (Phi) is 7.01. The number of hydrogen-bond donors (Lipinski definition) is 2. The maximum absolute atomic E-state index is 12.7. The van der Waals surface area contributed by atoms with Crippen LogP contribution in [0.2, 0.25) is 0 Å². The zero-order valence-electron chi connectivity index (χ0n) is 17.5. The molecular formula is C24H21N3O4S2. The molecule has 0 fully saturated rings. The van der Waals surface area contributed by atoms with E-state index in [1.807, 2.05) is 30.3 Å². The summed E-state index contributed by atoms with van der Waals surface area (Å²) in [5.74, 6) is 0.285. The Labute approximate surface area is 196 Å². The number of amides is 1. The van der Waals surface area contributed by atoms with Gasteiger partial charge in [-0.3, -0.25) is 9.52 Å². The van der Waals surface area contributed by atoms with Crippen LogP contribution in [0.15, 0.2) is 95.3 Å². The highest BCUT2D eigenvalue weighted by Gasteiger charge is 2.16. The van der Waals surface area contributed by atoms with Crippen molar-refractivity contribution in [1.29, 1.82) is 0 Å². The highest BCUT2D eigenvalue weighted by molar-refractivity contribution is 7.93. The topological polar surface area (TPSA) is 97.4 Å². The number of carbonyl (C=O) groups is 1. The van der Waals surface area contributed by atoms with Gasteiger partial charge in [0.25, 0.3) is 15.9 Å². The normalized spacial score (nSPS) is 11.0. The Bertz CT molecular complexity index is 1310. The number of thiazole rings is 1. The smallest absolute Gasteiger partial charge is 0.263 e. The molecule has 7 nitrogen and oxygen atoms in total. The van der Waals surface area contributed by atoms with Gasteiger partial charge >= 0.3 is 0 Å². The number of benzene rings is 3. The van der Waals surface area contributed by atoms with Gasteiger partial charge in [0.05, 0.1) is 11.5 Å². The average molecular weight is 480 g/mol. The number of rotatable bonds is 9. The van der Waals surface area contributed by atoms with Crippen LogP contribution in [0.5, 0.6) is 5.75 Å². The van der Waals surface area contributed by atoms with Crippen molar-refractivity contribution < 1.29 is 17.9 Å². The first-order valence-electron chi connectivity index (χ1n) is 10.1. The zero-order valence-corrected chi connectivity index (χ0v) is 19.1. The summed E-state index contributed by atoms with van der Waals surface area (Å²) in [6, 6.07) is 22.9. The molecule has 2 N–H and O–H groups in total. The Morgan fingerprint density at radius 3 is 2.48 bits per heavy atom. The van der Waals surface area contributed by atoms with Gasteiger partial charge in [-0.1, -0.05) is 36.4 Å². The molecule has 9 heteroatoms. The second-order valence-corrected chi connectivity index (χ2v) is 9.61. The Balaban J connectivity index is 1.35. The summed E-state index contributed by atoms with van der Waals surface area (Å²) in [6.07, 6.45) is 2.29. The maximum atomic E-state index is 12.7. The van der Waals surface area contributed by atoms with Crippen molar-refractivity contribution in [2.75, 3.05) is 16.6 Å². The average Bonchev–Trinajstić information content (AvgIpc) is 3.33. The SMILES string of the molecule is O=C(Nc1ccc(S(=O)(=O)Nc2nccs2)cc1)c1cccc(OCCc2ccccc2)c1. The van der Waals surface area contributed by atoms with E-state index in [0.29, 0.717) is 28.7 Å². The van der Waals surface area contributed by atoms with Gasteiger partial charge in [-0.25, -0.2) is 13.4 Å². The molecule has 1 heterocycles. The van der Waals surface area contributed by atoms with E-state index in [1.54, 1.807) is 29.6 Å². The van der Waals surface area contributed by atoms with Crippen LogP contribution in [0.4, 0.5) is 10.8 Å². The molecule has 0 radical (unpaired) electrons. The van der Waals surface area contributed by atoms with Gasteiger partial charge in [0.15, 0.2) is 5.13 Å². The highest BCUT2D eigenvalue weighted by Crippen LogP contribution is 2.20. The largest absolute Gasteiger partial charge is 0.493 e. The molecule has 33 heavy (non-hydrogen) atoms. The standard InChI is InChI=1S/C24H21N3O4S2/c28-23(19-7-4-8-21(17-19)31-15-13-18-5-2-1-3-6-18)26-20-9-11-22(12-10-20)33(29,30)27-24-25-14-16-32-24/h1-12,14,16-17H,13,15H2,(H,25,27)(H,26,28). The number of carbonyl (C=O) groups excluding carboxylic acids is 1. The van der Waals surface area contributed by atoms with Crippen LogP contribution in [0.3, 0.4) is 0 Å². The Hall–Kier alpha value is -3.69. The third-order valence-electron chi connectivity index (χ3n) is 4.67. The number of hydrogen-bond acceptors (Lipinski definition) is 6. The van der Waals surface area contributed by atoms with E-state index in [2.05, 4.69) is 15.0 Å². The summed E-state index contributed by atoms with van der Waals surface area (Å²) >= 11 is 1.19. The first kappa shape index (κ1) is 22.5. The van der Waals surface area contributed by atoms with Crippen molar-refractivity contribution in [1.82, 2.24) is 4.98 Å². The molecule has 4 aromatic rings. The predicted molar refractivity (Wildman–Crippen MR) is 129 cm³/mol. The minimum Gasteiger partial charge on any atom is -0.493 e. The summed E-state index contributed by atoms with van der Waals surface area (Å²) in [6.45, 7) is 0.500. The van der Waals surface area contributed by atoms with Crippen LogP contribution >= 0.6 is 11.3 Å². The lowest BCUT2D eigenvalue weighted by Crippen LogP contribution is -2.14. The van der Waals surface area contributed by atoms with Gasteiger partial charge in [-0.2, -0.15) is 0 Å². The minimum atomic E-state index is -3.75. The summed E-state index contributed by atoms with van der Waals surface area (Å²) in [5, 5.41) is 4.74. The van der Waals surface area contributed by atoms with E-state index in [-0.39, 0.29) is 10.8 Å². The molecule has 1 aromatic heterocycles. The number of nitrogens with one attached hydrogen (secondary N) is 2. The van der Waals surface area contributed by atoms with E-state index in [9.17, 15) is 13.2 Å². The fourth-order valence-corrected chi connectivity index (χ4v) is 4.82. The van der Waals surface area contributed by atoms with Gasteiger partial charge in [0.2, 0.25) is 0 Å². The third-order valence-corrected chi connectivity index (χ3v) is 6.85. The van der Waals surface area contributed by atoms with Crippen LogP contribution < -0.4 is 14.8 Å². The van der Waals surface area contributed by atoms with E-state index in [0.717, 1.165) is 6.42 Å². The molecular weight excluding hydrogens is 458 g/mol. The van der Waals surface area contributed by atoms with Crippen LogP contribution in [0.1, 0.15) is 15.9 Å². The molecule has 1 amide bonds.